The van der Waals surface area contributed by atoms with Gasteiger partial charge in [-0.15, -0.1) is 0 Å². The predicted octanol–water partition coefficient (Wildman–Crippen LogP) is -1.03. The van der Waals surface area contributed by atoms with E-state index in [4.69, 9.17) is 28.8 Å². The first-order chi connectivity index (χ1) is 8.45. The summed E-state index contributed by atoms with van der Waals surface area (Å²) in [5.41, 5.74) is 16.4. The Morgan fingerprint density at radius 2 is 1.83 bits per heavy atom. The number of carbonyl (C=O) groups is 2. The van der Waals surface area contributed by atoms with Crippen LogP contribution in [-0.4, -0.2) is 29.9 Å². The number of anilines is 1. The van der Waals surface area contributed by atoms with Gasteiger partial charge < -0.3 is 22.1 Å². The Balaban J connectivity index is 3.11. The monoisotopic (exact) mass is 271 g/mol. The molecule has 0 fully saturated rings. The number of amides is 2. The second-order valence-electron chi connectivity index (χ2n) is 3.60. The molecule has 0 atom stereocenters. The van der Waals surface area contributed by atoms with Gasteiger partial charge in [0.2, 0.25) is 11.8 Å². The van der Waals surface area contributed by atoms with Crippen molar-refractivity contribution in [2.75, 3.05) is 18.0 Å². The van der Waals surface area contributed by atoms with Crippen molar-refractivity contribution in [3.05, 3.63) is 22.8 Å². The van der Waals surface area contributed by atoms with Crippen LogP contribution in [0, 0.1) is 0 Å². The molecule has 2 amide bonds. The molecule has 6 N–H and O–H groups in total. The fourth-order valence-electron chi connectivity index (χ4n) is 1.43. The number of aromatic nitrogens is 1. The average Bonchev–Trinajstić information content (AvgIpc) is 2.27. The smallest absolute Gasteiger partial charge is 0.237 e. The normalized spacial score (nSPS) is 10.1. The Kier molecular flexibility index (Phi) is 4.87. The minimum Gasteiger partial charge on any atom is -0.368 e. The zero-order chi connectivity index (χ0) is 13.7. The number of hydrogen-bond donors (Lipinski definition) is 3. The number of carbonyl (C=O) groups excluding carboxylic acids is 2. The summed E-state index contributed by atoms with van der Waals surface area (Å²) in [6, 6.07) is 1.65. The summed E-state index contributed by atoms with van der Waals surface area (Å²) >= 11 is 6.08. The van der Waals surface area contributed by atoms with Crippen LogP contribution in [0.2, 0.25) is 5.02 Å². The highest BCUT2D eigenvalue weighted by Gasteiger charge is 2.17. The molecule has 98 valence electrons. The molecule has 0 aliphatic carbocycles. The molecule has 1 heterocycles. The largest absolute Gasteiger partial charge is 0.368 e. The van der Waals surface area contributed by atoms with Gasteiger partial charge in [-0.3, -0.25) is 9.59 Å². The molecule has 0 unspecified atom stereocenters. The minimum absolute atomic E-state index is 0.205. The minimum atomic E-state index is -0.618. The lowest BCUT2D eigenvalue weighted by Crippen LogP contribution is -2.40. The molecule has 0 aromatic carbocycles. The fraction of sp³-hybridized carbons (Fsp3) is 0.300. The maximum absolute atomic E-state index is 11.0. The number of pyridine rings is 1. The highest BCUT2D eigenvalue weighted by atomic mass is 35.5. The Hall–Kier alpha value is -1.86. The first kappa shape index (κ1) is 14.2. The zero-order valence-corrected chi connectivity index (χ0v) is 10.4. The number of rotatable bonds is 6. The number of nitrogens with two attached hydrogens (primary N) is 3. The SMILES string of the molecule is NCc1ccnc(N(CC(N)=O)CC(N)=O)c1Cl. The third-order valence-electron chi connectivity index (χ3n) is 2.16. The molecule has 0 aliphatic heterocycles. The highest BCUT2D eigenvalue weighted by molar-refractivity contribution is 6.33. The molecule has 8 heteroatoms. The number of nitrogens with zero attached hydrogens (tertiary/aromatic N) is 2. The van der Waals surface area contributed by atoms with E-state index in [1.807, 2.05) is 0 Å². The quantitative estimate of drug-likeness (QED) is 0.609. The molecule has 1 aromatic rings. The Labute approximate surface area is 109 Å². The number of halogens is 1. The molecule has 0 radical (unpaired) electrons. The summed E-state index contributed by atoms with van der Waals surface area (Å²) in [6.45, 7) is -0.192. The van der Waals surface area contributed by atoms with Gasteiger partial charge in [0.1, 0.15) is 5.82 Å². The lowest BCUT2D eigenvalue weighted by molar-refractivity contribution is -0.117. The maximum Gasteiger partial charge on any atom is 0.237 e. The molecule has 1 aromatic heterocycles. The first-order valence-corrected chi connectivity index (χ1v) is 5.48. The van der Waals surface area contributed by atoms with Crippen LogP contribution in [0.25, 0.3) is 0 Å². The molecule has 7 nitrogen and oxygen atoms in total. The zero-order valence-electron chi connectivity index (χ0n) is 9.60. The summed E-state index contributed by atoms with van der Waals surface area (Å²) < 4.78 is 0. The molecule has 18 heavy (non-hydrogen) atoms. The number of primary amides is 2. The van der Waals surface area contributed by atoms with E-state index < -0.39 is 11.8 Å². The van der Waals surface area contributed by atoms with Crippen LogP contribution in [0.1, 0.15) is 5.56 Å². The fourth-order valence-corrected chi connectivity index (χ4v) is 1.74. The standard InChI is InChI=1S/C10H14ClN5O2/c11-9-6(3-12)1-2-15-10(9)16(4-7(13)17)5-8(14)18/h1-2H,3-5,12H2,(H2,13,17)(H2,14,18). The van der Waals surface area contributed by atoms with Crippen molar-refractivity contribution in [1.82, 2.24) is 4.98 Å². The Morgan fingerprint density at radius 3 is 2.28 bits per heavy atom. The molecule has 1 rings (SSSR count). The third-order valence-corrected chi connectivity index (χ3v) is 2.58. The molecule has 0 spiro atoms. The number of hydrogen-bond acceptors (Lipinski definition) is 5. The van der Waals surface area contributed by atoms with Crippen LogP contribution in [0.5, 0.6) is 0 Å². The maximum atomic E-state index is 11.0. The van der Waals surface area contributed by atoms with E-state index >= 15 is 0 Å². The first-order valence-electron chi connectivity index (χ1n) is 5.10. The van der Waals surface area contributed by atoms with Crippen LogP contribution in [0.4, 0.5) is 5.82 Å². The summed E-state index contributed by atoms with van der Waals surface area (Å²) in [5.74, 6) is -0.975. The molecule has 0 saturated heterocycles. The molecular weight excluding hydrogens is 258 g/mol. The predicted molar refractivity (Wildman–Crippen MR) is 67.7 cm³/mol. The molecular formula is C10H14ClN5O2. The van der Waals surface area contributed by atoms with Gasteiger partial charge in [0.05, 0.1) is 18.1 Å². The van der Waals surface area contributed by atoms with E-state index in [2.05, 4.69) is 4.98 Å². The van der Waals surface area contributed by atoms with E-state index in [-0.39, 0.29) is 30.5 Å². The third kappa shape index (κ3) is 3.57. The highest BCUT2D eigenvalue weighted by Crippen LogP contribution is 2.26. The molecule has 0 saturated carbocycles. The van der Waals surface area contributed by atoms with Crippen LogP contribution in [-0.2, 0) is 16.1 Å². The van der Waals surface area contributed by atoms with Gasteiger partial charge in [0.15, 0.2) is 0 Å². The van der Waals surface area contributed by atoms with Crippen LogP contribution < -0.4 is 22.1 Å². The average molecular weight is 272 g/mol. The summed E-state index contributed by atoms with van der Waals surface area (Å²) in [7, 11) is 0. The van der Waals surface area contributed by atoms with Crippen LogP contribution in [0.3, 0.4) is 0 Å². The Morgan fingerprint density at radius 1 is 1.28 bits per heavy atom. The van der Waals surface area contributed by atoms with E-state index in [0.29, 0.717) is 5.56 Å². The summed E-state index contributed by atoms with van der Waals surface area (Å²) in [5, 5.41) is 0.280. The van der Waals surface area contributed by atoms with Crippen molar-refractivity contribution in [3.8, 4) is 0 Å². The van der Waals surface area contributed by atoms with Gasteiger partial charge in [0.25, 0.3) is 0 Å². The topological polar surface area (TPSA) is 128 Å². The van der Waals surface area contributed by atoms with Crippen LogP contribution in [0.15, 0.2) is 12.3 Å². The van der Waals surface area contributed by atoms with Crippen molar-refractivity contribution in [2.45, 2.75) is 6.54 Å². The molecule has 0 aliphatic rings. The summed E-state index contributed by atoms with van der Waals surface area (Å²) in [4.78, 5) is 27.3. The lowest BCUT2D eigenvalue weighted by Gasteiger charge is -2.22. The second kappa shape index (κ2) is 6.18. The van der Waals surface area contributed by atoms with E-state index in [1.165, 1.54) is 11.1 Å². The van der Waals surface area contributed by atoms with Gasteiger partial charge >= 0.3 is 0 Å². The van der Waals surface area contributed by atoms with Crippen molar-refractivity contribution in [1.29, 1.82) is 0 Å². The van der Waals surface area contributed by atoms with Gasteiger partial charge in [-0.1, -0.05) is 11.6 Å². The van der Waals surface area contributed by atoms with E-state index in [9.17, 15) is 9.59 Å². The van der Waals surface area contributed by atoms with Crippen molar-refractivity contribution >= 4 is 29.2 Å². The van der Waals surface area contributed by atoms with Crippen molar-refractivity contribution < 1.29 is 9.59 Å². The van der Waals surface area contributed by atoms with Gasteiger partial charge in [-0.05, 0) is 11.6 Å². The van der Waals surface area contributed by atoms with Crippen molar-refractivity contribution in [3.63, 3.8) is 0 Å². The van der Waals surface area contributed by atoms with E-state index in [1.54, 1.807) is 6.07 Å². The van der Waals surface area contributed by atoms with E-state index in [0.717, 1.165) is 0 Å². The summed E-state index contributed by atoms with van der Waals surface area (Å²) in [6.07, 6.45) is 1.48. The van der Waals surface area contributed by atoms with Crippen LogP contribution >= 0.6 is 11.6 Å². The second-order valence-corrected chi connectivity index (χ2v) is 3.98. The van der Waals surface area contributed by atoms with Gasteiger partial charge in [-0.25, -0.2) is 4.98 Å². The van der Waals surface area contributed by atoms with Crippen molar-refractivity contribution in [2.24, 2.45) is 17.2 Å². The Bertz CT molecular complexity index is 450. The molecule has 0 bridgehead atoms. The van der Waals surface area contributed by atoms with Gasteiger partial charge in [-0.2, -0.15) is 0 Å². The van der Waals surface area contributed by atoms with Gasteiger partial charge in [0, 0.05) is 12.7 Å². The lowest BCUT2D eigenvalue weighted by atomic mass is 10.2.